The van der Waals surface area contributed by atoms with Gasteiger partial charge in [0.25, 0.3) is 0 Å². The van der Waals surface area contributed by atoms with E-state index >= 15 is 0 Å². The molecule has 1 aromatic rings. The van der Waals surface area contributed by atoms with Crippen LogP contribution in [0.1, 0.15) is 5.56 Å². The van der Waals surface area contributed by atoms with E-state index in [1.807, 2.05) is 6.07 Å². The first-order valence-electron chi connectivity index (χ1n) is 5.59. The van der Waals surface area contributed by atoms with Crippen molar-refractivity contribution in [3.63, 3.8) is 0 Å². The summed E-state index contributed by atoms with van der Waals surface area (Å²) in [5.41, 5.74) is 1.83. The van der Waals surface area contributed by atoms with Gasteiger partial charge >= 0.3 is 0 Å². The molecule has 0 atom stereocenters. The summed E-state index contributed by atoms with van der Waals surface area (Å²) in [5, 5.41) is 3.63. The minimum Gasteiger partial charge on any atom is -0.368 e. The number of benzene rings is 1. The first-order chi connectivity index (χ1) is 8.09. The molecule has 1 N–H and O–H groups in total. The Hall–Kier alpha value is -0.780. The Kier molecular flexibility index (Phi) is 2.57. The van der Waals surface area contributed by atoms with Gasteiger partial charge in [-0.15, -0.1) is 0 Å². The molecule has 92 valence electrons. The Morgan fingerprint density at radius 3 is 2.94 bits per heavy atom. The summed E-state index contributed by atoms with van der Waals surface area (Å²) >= 11 is 6.07. The smallest absolute Gasteiger partial charge is 0.183 e. The molecule has 0 aliphatic carbocycles. The zero-order chi connectivity index (χ0) is 12.0. The Labute approximate surface area is 105 Å². The molecule has 0 saturated heterocycles. The largest absolute Gasteiger partial charge is 0.368 e. The maximum atomic E-state index is 12.1. The van der Waals surface area contributed by atoms with Crippen LogP contribution >= 0.6 is 11.6 Å². The van der Waals surface area contributed by atoms with Crippen LogP contribution in [-0.2, 0) is 16.4 Å². The number of halogens is 1. The van der Waals surface area contributed by atoms with Gasteiger partial charge in [-0.1, -0.05) is 17.7 Å². The van der Waals surface area contributed by atoms with Gasteiger partial charge < -0.3 is 10.2 Å². The van der Waals surface area contributed by atoms with E-state index in [2.05, 4.69) is 10.2 Å². The third-order valence-corrected chi connectivity index (χ3v) is 5.48. The Morgan fingerprint density at radius 1 is 1.29 bits per heavy atom. The second-order valence-electron chi connectivity index (χ2n) is 4.37. The lowest BCUT2D eigenvalue weighted by molar-refractivity contribution is 0.589. The molecule has 0 unspecified atom stereocenters. The van der Waals surface area contributed by atoms with E-state index in [-0.39, 0.29) is 5.75 Å². The van der Waals surface area contributed by atoms with Crippen molar-refractivity contribution < 1.29 is 8.42 Å². The van der Waals surface area contributed by atoms with Gasteiger partial charge in [0.05, 0.1) is 16.5 Å². The van der Waals surface area contributed by atoms with E-state index in [0.717, 1.165) is 24.3 Å². The number of rotatable bonds is 0. The van der Waals surface area contributed by atoms with E-state index in [1.54, 1.807) is 6.07 Å². The van der Waals surface area contributed by atoms with Crippen molar-refractivity contribution in [1.29, 1.82) is 0 Å². The van der Waals surface area contributed by atoms with E-state index in [1.165, 1.54) is 0 Å². The van der Waals surface area contributed by atoms with Crippen LogP contribution in [0, 0.1) is 0 Å². The number of nitrogens with zero attached hydrogens (tertiary/aromatic N) is 1. The fourth-order valence-electron chi connectivity index (χ4n) is 2.48. The lowest BCUT2D eigenvalue weighted by atomic mass is 10.1. The predicted octanol–water partition coefficient (Wildman–Crippen LogP) is 1.04. The Morgan fingerprint density at radius 2 is 2.12 bits per heavy atom. The molecule has 17 heavy (non-hydrogen) atoms. The van der Waals surface area contributed by atoms with E-state index < -0.39 is 9.84 Å². The van der Waals surface area contributed by atoms with Gasteiger partial charge in [-0.05, 0) is 11.6 Å². The molecule has 2 aliphatic heterocycles. The van der Waals surface area contributed by atoms with Gasteiger partial charge in [-0.25, -0.2) is 8.42 Å². The number of sulfone groups is 1. The molecule has 0 spiro atoms. The number of anilines is 1. The molecule has 0 bridgehead atoms. The second kappa shape index (κ2) is 3.86. The fraction of sp³-hybridized carbons (Fsp3) is 0.455. The standard InChI is InChI=1S/C11H13ClN2O2S/c12-9-2-1-8-7-13-3-4-14-5-6-17(15,16)11(9)10(8)14/h1-2,13H,3-7H2. The molecule has 0 fully saturated rings. The van der Waals surface area contributed by atoms with Crippen LogP contribution < -0.4 is 10.2 Å². The molecule has 0 radical (unpaired) electrons. The SMILES string of the molecule is O=S1(=O)CCN2CCNCc3ccc(Cl)c1c32. The predicted molar refractivity (Wildman–Crippen MR) is 67.4 cm³/mol. The summed E-state index contributed by atoms with van der Waals surface area (Å²) in [6, 6.07) is 3.59. The van der Waals surface area contributed by atoms with Crippen LogP contribution in [0.4, 0.5) is 5.69 Å². The van der Waals surface area contributed by atoms with E-state index in [9.17, 15) is 8.42 Å². The highest BCUT2D eigenvalue weighted by molar-refractivity contribution is 7.91. The Balaban J connectivity index is 2.33. The zero-order valence-corrected chi connectivity index (χ0v) is 10.8. The maximum Gasteiger partial charge on any atom is 0.183 e. The summed E-state index contributed by atoms with van der Waals surface area (Å²) in [4.78, 5) is 2.45. The molecule has 6 heteroatoms. The van der Waals surface area contributed by atoms with Crippen molar-refractivity contribution in [3.05, 3.63) is 22.7 Å². The van der Waals surface area contributed by atoms with Crippen LogP contribution in [0.3, 0.4) is 0 Å². The average Bonchev–Trinajstić information content (AvgIpc) is 2.48. The molecule has 2 heterocycles. The summed E-state index contributed by atoms with van der Waals surface area (Å²) in [7, 11) is -3.22. The third-order valence-electron chi connectivity index (χ3n) is 3.30. The van der Waals surface area contributed by atoms with Gasteiger partial charge in [-0.3, -0.25) is 0 Å². The molecular formula is C11H13ClN2O2S. The molecule has 0 saturated carbocycles. The van der Waals surface area contributed by atoms with Crippen molar-refractivity contribution in [3.8, 4) is 0 Å². The summed E-state index contributed by atoms with van der Waals surface area (Å²) < 4.78 is 24.2. The molecule has 0 aromatic heterocycles. The highest BCUT2D eigenvalue weighted by atomic mass is 35.5. The zero-order valence-electron chi connectivity index (χ0n) is 9.24. The normalized spacial score (nSPS) is 21.8. The number of hydrogen-bond acceptors (Lipinski definition) is 4. The summed E-state index contributed by atoms with van der Waals surface area (Å²) in [6.07, 6.45) is 0. The third kappa shape index (κ3) is 1.73. The monoisotopic (exact) mass is 272 g/mol. The minimum absolute atomic E-state index is 0.156. The van der Waals surface area contributed by atoms with Crippen molar-refractivity contribution >= 4 is 27.1 Å². The van der Waals surface area contributed by atoms with Gasteiger partial charge in [-0.2, -0.15) is 0 Å². The highest BCUT2D eigenvalue weighted by Crippen LogP contribution is 2.39. The minimum atomic E-state index is -3.22. The van der Waals surface area contributed by atoms with Gasteiger partial charge in [0.2, 0.25) is 0 Å². The maximum absolute atomic E-state index is 12.1. The number of nitrogens with one attached hydrogen (secondary N) is 1. The van der Waals surface area contributed by atoms with Gasteiger partial charge in [0, 0.05) is 26.2 Å². The van der Waals surface area contributed by atoms with Crippen LogP contribution in [0.2, 0.25) is 5.02 Å². The lowest BCUT2D eigenvalue weighted by Crippen LogP contribution is -2.37. The molecule has 2 aliphatic rings. The average molecular weight is 273 g/mol. The molecular weight excluding hydrogens is 260 g/mol. The highest BCUT2D eigenvalue weighted by Gasteiger charge is 2.33. The summed E-state index contributed by atoms with van der Waals surface area (Å²) in [5.74, 6) is 0.156. The molecule has 0 amide bonds. The van der Waals surface area contributed by atoms with E-state index in [0.29, 0.717) is 23.0 Å². The van der Waals surface area contributed by atoms with Crippen LogP contribution in [0.5, 0.6) is 0 Å². The van der Waals surface area contributed by atoms with Gasteiger partial charge in [0.1, 0.15) is 4.90 Å². The first-order valence-corrected chi connectivity index (χ1v) is 7.62. The second-order valence-corrected chi connectivity index (χ2v) is 6.82. The first kappa shape index (κ1) is 11.3. The summed E-state index contributed by atoms with van der Waals surface area (Å²) in [6.45, 7) is 2.96. The fourth-order valence-corrected chi connectivity index (χ4v) is 4.57. The number of hydrogen-bond donors (Lipinski definition) is 1. The topological polar surface area (TPSA) is 49.4 Å². The quantitative estimate of drug-likeness (QED) is 0.767. The van der Waals surface area contributed by atoms with Crippen molar-refractivity contribution in [2.75, 3.05) is 30.3 Å². The van der Waals surface area contributed by atoms with E-state index in [4.69, 9.17) is 11.6 Å². The molecule has 3 rings (SSSR count). The van der Waals surface area contributed by atoms with Crippen LogP contribution in [0.15, 0.2) is 17.0 Å². The van der Waals surface area contributed by atoms with Crippen LogP contribution in [-0.4, -0.2) is 33.8 Å². The van der Waals surface area contributed by atoms with Crippen molar-refractivity contribution in [1.82, 2.24) is 5.32 Å². The lowest BCUT2D eigenvalue weighted by Gasteiger charge is -2.31. The van der Waals surface area contributed by atoms with Crippen molar-refractivity contribution in [2.45, 2.75) is 11.4 Å². The van der Waals surface area contributed by atoms with Gasteiger partial charge in [0.15, 0.2) is 9.84 Å². The molecule has 1 aromatic carbocycles. The van der Waals surface area contributed by atoms with Crippen LogP contribution in [0.25, 0.3) is 0 Å². The molecule has 4 nitrogen and oxygen atoms in total. The van der Waals surface area contributed by atoms with Crippen molar-refractivity contribution in [2.24, 2.45) is 0 Å². The Bertz CT molecular complexity index is 571.